The lowest BCUT2D eigenvalue weighted by molar-refractivity contribution is -0.384. The summed E-state index contributed by atoms with van der Waals surface area (Å²) in [4.78, 5) is 35.1. The van der Waals surface area contributed by atoms with Crippen molar-refractivity contribution in [3.63, 3.8) is 0 Å². The van der Waals surface area contributed by atoms with Crippen molar-refractivity contribution < 1.29 is 24.0 Å². The van der Waals surface area contributed by atoms with Crippen molar-refractivity contribution in [3.8, 4) is 5.75 Å². The van der Waals surface area contributed by atoms with E-state index in [4.69, 9.17) is 9.47 Å². The normalized spacial score (nSPS) is 11.8. The van der Waals surface area contributed by atoms with Gasteiger partial charge in [-0.15, -0.1) is 11.3 Å². The number of nitro benzene ring substituents is 1. The van der Waals surface area contributed by atoms with Crippen molar-refractivity contribution in [2.75, 3.05) is 12.4 Å². The van der Waals surface area contributed by atoms with Crippen molar-refractivity contribution in [3.05, 3.63) is 56.8 Å². The summed E-state index contributed by atoms with van der Waals surface area (Å²) in [7, 11) is 1.37. The number of thiophene rings is 1. The Kier molecular flexibility index (Phi) is 6.45. The Morgan fingerprint density at radius 1 is 1.35 bits per heavy atom. The maximum atomic E-state index is 12.2. The second kappa shape index (κ2) is 8.77. The molecule has 1 aromatic heterocycles. The Balaban J connectivity index is 2.01. The molecule has 0 spiro atoms. The predicted octanol–water partition coefficient (Wildman–Crippen LogP) is 3.25. The van der Waals surface area contributed by atoms with Gasteiger partial charge in [0.15, 0.2) is 6.10 Å². The number of nitrogens with zero attached hydrogens (tertiary/aromatic N) is 1. The largest absolute Gasteiger partial charge is 0.495 e. The topological polar surface area (TPSA) is 108 Å². The van der Waals surface area contributed by atoms with Crippen molar-refractivity contribution in [1.29, 1.82) is 0 Å². The molecule has 0 fully saturated rings. The monoisotopic (exact) mass is 376 g/mol. The molecule has 2 aromatic rings. The highest BCUT2D eigenvalue weighted by Crippen LogP contribution is 2.29. The second-order valence-corrected chi connectivity index (χ2v) is 6.04. The van der Waals surface area contributed by atoms with Crippen LogP contribution in [0.4, 0.5) is 11.4 Å². The molecule has 1 unspecified atom stereocenters. The predicted molar refractivity (Wildman–Crippen MR) is 97.2 cm³/mol. The van der Waals surface area contributed by atoms with E-state index in [1.807, 2.05) is 17.5 Å². The molecule has 26 heavy (non-hydrogen) atoms. The molecule has 8 nitrogen and oxygen atoms in total. The lowest BCUT2D eigenvalue weighted by atomic mass is 10.2. The number of hydrogen-bond acceptors (Lipinski definition) is 7. The van der Waals surface area contributed by atoms with Crippen LogP contribution in [0.1, 0.15) is 11.8 Å². The first-order valence-electron chi connectivity index (χ1n) is 7.46. The highest BCUT2D eigenvalue weighted by Gasteiger charge is 2.20. The molecule has 1 heterocycles. The van der Waals surface area contributed by atoms with E-state index in [-0.39, 0.29) is 17.1 Å². The van der Waals surface area contributed by atoms with E-state index in [2.05, 4.69) is 5.32 Å². The number of non-ortho nitro benzene ring substituents is 1. The summed E-state index contributed by atoms with van der Waals surface area (Å²) in [5.41, 5.74) is -0.0895. The van der Waals surface area contributed by atoms with Crippen molar-refractivity contribution in [2.24, 2.45) is 0 Å². The molecule has 0 aliphatic carbocycles. The maximum absolute atomic E-state index is 12.2. The van der Waals surface area contributed by atoms with E-state index in [0.29, 0.717) is 0 Å². The zero-order valence-electron chi connectivity index (χ0n) is 14.0. The smallest absolute Gasteiger partial charge is 0.331 e. The summed E-state index contributed by atoms with van der Waals surface area (Å²) >= 11 is 1.46. The van der Waals surface area contributed by atoms with Gasteiger partial charge in [0.05, 0.1) is 17.7 Å². The summed E-state index contributed by atoms with van der Waals surface area (Å²) in [6, 6.07) is 7.47. The van der Waals surface area contributed by atoms with Crippen molar-refractivity contribution in [1.82, 2.24) is 0 Å². The Labute approximate surface area is 153 Å². The van der Waals surface area contributed by atoms with Crippen LogP contribution in [0.15, 0.2) is 41.8 Å². The van der Waals surface area contributed by atoms with Gasteiger partial charge in [-0.1, -0.05) is 6.07 Å². The lowest BCUT2D eigenvalue weighted by Crippen LogP contribution is -2.29. The van der Waals surface area contributed by atoms with E-state index in [1.165, 1.54) is 49.6 Å². The number of amides is 1. The van der Waals surface area contributed by atoms with Gasteiger partial charge in [-0.05, 0) is 30.5 Å². The molecule has 2 rings (SSSR count). The Bertz CT molecular complexity index is 832. The number of benzene rings is 1. The third-order valence-corrected chi connectivity index (χ3v) is 4.08. The van der Waals surface area contributed by atoms with Crippen molar-refractivity contribution >= 4 is 40.7 Å². The minimum atomic E-state index is -1.10. The van der Waals surface area contributed by atoms with Gasteiger partial charge in [0, 0.05) is 23.1 Å². The van der Waals surface area contributed by atoms with Crippen LogP contribution in [0, 0.1) is 10.1 Å². The van der Waals surface area contributed by atoms with Gasteiger partial charge in [0.2, 0.25) is 0 Å². The third kappa shape index (κ3) is 5.15. The fraction of sp³-hybridized carbons (Fsp3) is 0.176. The van der Waals surface area contributed by atoms with Gasteiger partial charge in [0.25, 0.3) is 11.6 Å². The second-order valence-electron chi connectivity index (χ2n) is 5.06. The molecule has 1 atom stereocenters. The highest BCUT2D eigenvalue weighted by atomic mass is 32.1. The van der Waals surface area contributed by atoms with Gasteiger partial charge < -0.3 is 14.8 Å². The molecule has 0 aliphatic rings. The molecule has 9 heteroatoms. The number of esters is 1. The molecule has 136 valence electrons. The standard InChI is InChI=1S/C17H16N2O6S/c1-11(25-16(20)8-6-13-4-3-9-26-13)17(21)18-14-10-12(19(22)23)5-7-15(14)24-2/h3-11H,1-2H3,(H,18,21). The van der Waals surface area contributed by atoms with Crippen LogP contribution in [-0.2, 0) is 14.3 Å². The van der Waals surface area contributed by atoms with E-state index in [1.54, 1.807) is 6.08 Å². The number of ether oxygens (including phenoxy) is 2. The number of nitrogens with one attached hydrogen (secondary N) is 1. The maximum Gasteiger partial charge on any atom is 0.331 e. The zero-order chi connectivity index (χ0) is 19.1. The minimum Gasteiger partial charge on any atom is -0.495 e. The number of methoxy groups -OCH3 is 1. The Hall–Kier alpha value is -3.20. The molecule has 0 saturated heterocycles. The highest BCUT2D eigenvalue weighted by molar-refractivity contribution is 7.10. The Morgan fingerprint density at radius 2 is 2.12 bits per heavy atom. The van der Waals surface area contributed by atoms with Gasteiger partial charge >= 0.3 is 5.97 Å². The first kappa shape index (κ1) is 19.1. The number of hydrogen-bond donors (Lipinski definition) is 1. The number of carbonyl (C=O) groups is 2. The molecular weight excluding hydrogens is 360 g/mol. The van der Waals surface area contributed by atoms with Crippen molar-refractivity contribution in [2.45, 2.75) is 13.0 Å². The van der Waals surface area contributed by atoms with Crippen LogP contribution >= 0.6 is 11.3 Å². The first-order valence-corrected chi connectivity index (χ1v) is 8.34. The molecule has 1 N–H and O–H groups in total. The number of carbonyl (C=O) groups excluding carboxylic acids is 2. The van der Waals surface area contributed by atoms with Gasteiger partial charge in [-0.3, -0.25) is 14.9 Å². The van der Waals surface area contributed by atoms with Gasteiger partial charge in [-0.25, -0.2) is 4.79 Å². The molecular formula is C17H16N2O6S. The van der Waals surface area contributed by atoms with Gasteiger partial charge in [0.1, 0.15) is 5.75 Å². The summed E-state index contributed by atoms with van der Waals surface area (Å²) in [6.07, 6.45) is 1.71. The van der Waals surface area contributed by atoms with Crippen LogP contribution in [0.5, 0.6) is 5.75 Å². The van der Waals surface area contributed by atoms with Crippen LogP contribution in [-0.4, -0.2) is 30.0 Å². The number of anilines is 1. The minimum absolute atomic E-state index is 0.115. The fourth-order valence-corrected chi connectivity index (χ4v) is 2.56. The van der Waals surface area contributed by atoms with Crippen LogP contribution < -0.4 is 10.1 Å². The number of rotatable bonds is 7. The van der Waals surface area contributed by atoms with E-state index in [0.717, 1.165) is 4.88 Å². The first-order chi connectivity index (χ1) is 12.4. The fourth-order valence-electron chi connectivity index (χ4n) is 1.94. The Morgan fingerprint density at radius 3 is 2.73 bits per heavy atom. The molecule has 0 aliphatic heterocycles. The van der Waals surface area contributed by atoms with E-state index < -0.39 is 22.9 Å². The summed E-state index contributed by atoms with van der Waals surface area (Å²) in [6.45, 7) is 1.40. The third-order valence-electron chi connectivity index (χ3n) is 3.24. The molecule has 1 aromatic carbocycles. The lowest BCUT2D eigenvalue weighted by Gasteiger charge is -2.14. The summed E-state index contributed by atoms with van der Waals surface area (Å²) in [5.74, 6) is -1.06. The summed E-state index contributed by atoms with van der Waals surface area (Å²) < 4.78 is 10.1. The zero-order valence-corrected chi connectivity index (χ0v) is 14.8. The quantitative estimate of drug-likeness (QED) is 0.344. The van der Waals surface area contributed by atoms with Crippen LogP contribution in [0.25, 0.3) is 6.08 Å². The molecule has 1 amide bonds. The van der Waals surface area contributed by atoms with Gasteiger partial charge in [-0.2, -0.15) is 0 Å². The average molecular weight is 376 g/mol. The summed E-state index contributed by atoms with van der Waals surface area (Å²) in [5, 5.41) is 15.2. The van der Waals surface area contributed by atoms with E-state index in [9.17, 15) is 19.7 Å². The average Bonchev–Trinajstić information content (AvgIpc) is 3.13. The molecule has 0 bridgehead atoms. The molecule has 0 saturated carbocycles. The van der Waals surface area contributed by atoms with Crippen LogP contribution in [0.2, 0.25) is 0 Å². The molecule has 0 radical (unpaired) electrons. The SMILES string of the molecule is COc1ccc([N+](=O)[O-])cc1NC(=O)C(C)OC(=O)C=Cc1cccs1. The number of nitro groups is 1. The van der Waals surface area contributed by atoms with E-state index >= 15 is 0 Å². The van der Waals surface area contributed by atoms with Crippen LogP contribution in [0.3, 0.4) is 0 Å².